The molecule has 0 aromatic heterocycles. The number of nitrogens with zero attached hydrogens (tertiary/aromatic N) is 1. The third-order valence-corrected chi connectivity index (χ3v) is 14.4. The number of carbonyl (C=O) groups is 2. The second kappa shape index (κ2) is 54.5. The molecule has 0 radical (unpaired) electrons. The lowest BCUT2D eigenvalue weighted by molar-refractivity contribution is -0.870. The van der Waals surface area contributed by atoms with Crippen molar-refractivity contribution in [3.63, 3.8) is 0 Å². The summed E-state index contributed by atoms with van der Waals surface area (Å²) in [6.07, 6.45) is 71.6. The van der Waals surface area contributed by atoms with Crippen molar-refractivity contribution >= 4 is 19.7 Å². The van der Waals surface area contributed by atoms with Gasteiger partial charge in [0.15, 0.2) is 0 Å². The highest BCUT2D eigenvalue weighted by molar-refractivity contribution is 7.47. The van der Waals surface area contributed by atoms with Crippen LogP contribution in [0.3, 0.4) is 0 Å². The minimum absolute atomic E-state index is 0.0326. The molecule has 0 fully saturated rings. The van der Waals surface area contributed by atoms with Gasteiger partial charge in [-0.1, -0.05) is 247 Å². The quantitative estimate of drug-likeness (QED) is 0.0156. The lowest BCUT2D eigenvalue weighted by atomic mass is 10.0. The minimum Gasteiger partial charge on any atom is -0.456 e. The Morgan fingerprint density at radius 2 is 0.907 bits per heavy atom. The lowest BCUT2D eigenvalue weighted by Gasteiger charge is -2.27. The van der Waals surface area contributed by atoms with Crippen molar-refractivity contribution in [2.24, 2.45) is 0 Å². The summed E-state index contributed by atoms with van der Waals surface area (Å²) >= 11 is 0. The molecule has 0 saturated carbocycles. The number of hydrogen-bond donors (Lipinski definition) is 2. The van der Waals surface area contributed by atoms with Gasteiger partial charge in [0, 0.05) is 12.8 Å². The van der Waals surface area contributed by atoms with Crippen LogP contribution in [-0.2, 0) is 27.9 Å². The van der Waals surface area contributed by atoms with Gasteiger partial charge in [-0.25, -0.2) is 4.57 Å². The molecule has 9 nitrogen and oxygen atoms in total. The van der Waals surface area contributed by atoms with E-state index in [1.807, 2.05) is 33.3 Å². The zero-order valence-corrected chi connectivity index (χ0v) is 50.4. The molecule has 3 unspecified atom stereocenters. The average Bonchev–Trinajstić information content (AvgIpc) is 3.37. The summed E-state index contributed by atoms with van der Waals surface area (Å²) in [5.41, 5.74) is 0. The highest BCUT2D eigenvalue weighted by Gasteiger charge is 2.30. The van der Waals surface area contributed by atoms with Crippen molar-refractivity contribution in [1.82, 2.24) is 5.32 Å². The van der Waals surface area contributed by atoms with Gasteiger partial charge in [0.25, 0.3) is 0 Å². The highest BCUT2D eigenvalue weighted by Crippen LogP contribution is 2.43. The van der Waals surface area contributed by atoms with E-state index in [1.54, 1.807) is 0 Å². The topological polar surface area (TPSA) is 111 Å². The van der Waals surface area contributed by atoms with E-state index in [0.717, 1.165) is 96.3 Å². The molecular weight excluding hydrogens is 952 g/mol. The molecule has 434 valence electrons. The molecule has 0 saturated heterocycles. The number of allylic oxidation sites excluding steroid dienone is 13. The minimum atomic E-state index is -4.45. The van der Waals surface area contributed by atoms with Gasteiger partial charge in [-0.15, -0.1) is 0 Å². The van der Waals surface area contributed by atoms with Crippen LogP contribution in [0.25, 0.3) is 0 Å². The van der Waals surface area contributed by atoms with Crippen LogP contribution in [0.4, 0.5) is 0 Å². The SMILES string of the molecule is CC/C=C/C=C/C=C\CCCCCCCC(=O)NC(COP(=O)(O)OCC[N+](C)(C)C)C(/C=C\CCCCCCCCCCC)OC(=O)CCCCCCCCCCCCCC/C=C\C/C=C\C/C=C\CCCCC. The Labute approximate surface area is 463 Å². The molecule has 0 aliphatic rings. The third-order valence-electron chi connectivity index (χ3n) is 13.4. The van der Waals surface area contributed by atoms with Crippen LogP contribution in [0.2, 0.25) is 0 Å². The van der Waals surface area contributed by atoms with Gasteiger partial charge < -0.3 is 19.4 Å². The number of hydrogen-bond acceptors (Lipinski definition) is 6. The van der Waals surface area contributed by atoms with Gasteiger partial charge in [0.1, 0.15) is 19.3 Å². The summed E-state index contributed by atoms with van der Waals surface area (Å²) in [6, 6.07) is -0.862. The molecule has 0 aromatic rings. The Morgan fingerprint density at radius 1 is 0.493 bits per heavy atom. The van der Waals surface area contributed by atoms with Gasteiger partial charge >= 0.3 is 13.8 Å². The number of ether oxygens (including phenoxy) is 1. The fourth-order valence-corrected chi connectivity index (χ4v) is 9.33. The molecule has 75 heavy (non-hydrogen) atoms. The van der Waals surface area contributed by atoms with Crippen LogP contribution in [0.5, 0.6) is 0 Å². The number of likely N-dealkylation sites (N-methyl/N-ethyl adjacent to an activating group) is 1. The molecule has 10 heteroatoms. The van der Waals surface area contributed by atoms with Gasteiger partial charge in [0.05, 0.1) is 33.8 Å². The molecule has 0 aromatic carbocycles. The molecule has 0 bridgehead atoms. The molecular formula is C65H118N2O7P+. The second-order valence-electron chi connectivity index (χ2n) is 21.9. The van der Waals surface area contributed by atoms with Gasteiger partial charge in [0.2, 0.25) is 5.91 Å². The van der Waals surface area contributed by atoms with E-state index in [0.29, 0.717) is 17.4 Å². The van der Waals surface area contributed by atoms with Crippen molar-refractivity contribution in [3.05, 3.63) is 85.1 Å². The van der Waals surface area contributed by atoms with Crippen LogP contribution in [-0.4, -0.2) is 74.3 Å². The Balaban J connectivity index is 5.10. The van der Waals surface area contributed by atoms with Gasteiger partial charge in [-0.05, 0) is 89.5 Å². The largest absolute Gasteiger partial charge is 0.472 e. The molecule has 3 atom stereocenters. The van der Waals surface area contributed by atoms with Crippen LogP contribution in [0.1, 0.15) is 265 Å². The van der Waals surface area contributed by atoms with E-state index in [1.165, 1.54) is 135 Å². The normalized spacial score (nSPS) is 14.3. The fraction of sp³-hybridized carbons (Fsp3) is 0.754. The highest BCUT2D eigenvalue weighted by atomic mass is 31.2. The number of phosphoric ester groups is 1. The van der Waals surface area contributed by atoms with E-state index in [4.69, 9.17) is 13.8 Å². The first-order chi connectivity index (χ1) is 36.4. The number of esters is 1. The van der Waals surface area contributed by atoms with Crippen molar-refractivity contribution in [1.29, 1.82) is 0 Å². The molecule has 1 amide bonds. The summed E-state index contributed by atoms with van der Waals surface area (Å²) in [5, 5.41) is 3.04. The number of phosphoric acid groups is 1. The average molecular weight is 1070 g/mol. The summed E-state index contributed by atoms with van der Waals surface area (Å²) < 4.78 is 30.6. The summed E-state index contributed by atoms with van der Waals surface area (Å²) in [4.78, 5) is 37.6. The first kappa shape index (κ1) is 72.2. The summed E-state index contributed by atoms with van der Waals surface area (Å²) in [5.74, 6) is -0.533. The number of unbranched alkanes of at least 4 members (excludes halogenated alkanes) is 29. The van der Waals surface area contributed by atoms with Crippen molar-refractivity contribution in [3.8, 4) is 0 Å². The van der Waals surface area contributed by atoms with Crippen LogP contribution < -0.4 is 5.32 Å². The fourth-order valence-electron chi connectivity index (χ4n) is 8.59. The maximum absolute atomic E-state index is 13.5. The Morgan fingerprint density at radius 3 is 1.41 bits per heavy atom. The van der Waals surface area contributed by atoms with Crippen LogP contribution in [0.15, 0.2) is 85.1 Å². The lowest BCUT2D eigenvalue weighted by Crippen LogP contribution is -2.47. The number of quaternary nitrogens is 1. The third kappa shape index (κ3) is 55.7. The van der Waals surface area contributed by atoms with E-state index in [9.17, 15) is 19.0 Å². The monoisotopic (exact) mass is 1070 g/mol. The van der Waals surface area contributed by atoms with Crippen LogP contribution >= 0.6 is 7.82 Å². The maximum Gasteiger partial charge on any atom is 0.472 e. The van der Waals surface area contributed by atoms with E-state index < -0.39 is 20.0 Å². The maximum atomic E-state index is 13.5. The Kier molecular flexibility index (Phi) is 52.5. The van der Waals surface area contributed by atoms with E-state index >= 15 is 0 Å². The number of amides is 1. The van der Waals surface area contributed by atoms with Crippen molar-refractivity contribution in [2.45, 2.75) is 277 Å². The van der Waals surface area contributed by atoms with Crippen molar-refractivity contribution < 1.29 is 37.3 Å². The number of carbonyl (C=O) groups excluding carboxylic acids is 2. The van der Waals surface area contributed by atoms with Gasteiger partial charge in [-0.3, -0.25) is 18.6 Å². The predicted molar refractivity (Wildman–Crippen MR) is 323 cm³/mol. The molecule has 2 N–H and O–H groups in total. The van der Waals surface area contributed by atoms with Crippen LogP contribution in [0, 0.1) is 0 Å². The number of rotatable bonds is 55. The van der Waals surface area contributed by atoms with Crippen molar-refractivity contribution in [2.75, 3.05) is 40.9 Å². The molecule has 0 spiro atoms. The Hall–Kier alpha value is -2.81. The van der Waals surface area contributed by atoms with E-state index in [-0.39, 0.29) is 31.5 Å². The molecule has 0 heterocycles. The molecule has 0 rings (SSSR count). The zero-order valence-electron chi connectivity index (χ0n) is 49.5. The zero-order chi connectivity index (χ0) is 55.0. The van der Waals surface area contributed by atoms with Gasteiger partial charge in [-0.2, -0.15) is 0 Å². The number of nitrogens with one attached hydrogen (secondary N) is 1. The Bertz CT molecular complexity index is 1560. The summed E-state index contributed by atoms with van der Waals surface area (Å²) in [6.45, 7) is 6.83. The standard InChI is InChI=1S/C65H117N2O7P/c1-7-10-13-16-19-22-25-27-28-29-30-31-32-33-34-35-36-37-38-40-43-46-49-52-55-58-65(69)74-63(56-53-50-47-44-41-24-21-18-15-12-9-3)62(61-73-75(70,71)72-60-59-67(4,5)6)66-64(68)57-54-51-48-45-42-39-26-23-20-17-14-11-8-2/h11,14,17,19-20,22-23,26-28,30-31,53,56,62-63H,7-10,12-13,15-16,18,21,24-25,29,32-52,54-55,57-61H2,1-6H3,(H-,66,68,70,71)/p+1/b14-11+,20-17+,22-19-,26-23-,28-27-,31-30-,56-53-. The first-order valence-corrected chi connectivity index (χ1v) is 32.4. The smallest absolute Gasteiger partial charge is 0.456 e. The second-order valence-corrected chi connectivity index (χ2v) is 23.4. The summed E-state index contributed by atoms with van der Waals surface area (Å²) in [7, 11) is 1.47. The predicted octanol–water partition coefficient (Wildman–Crippen LogP) is 19.0. The molecule has 0 aliphatic carbocycles. The first-order valence-electron chi connectivity index (χ1n) is 30.9. The molecule has 0 aliphatic heterocycles. The van der Waals surface area contributed by atoms with E-state index in [2.05, 4.69) is 99.0 Å².